The van der Waals surface area contributed by atoms with Gasteiger partial charge in [-0.2, -0.15) is 0 Å². The monoisotopic (exact) mass is 320 g/mol. The standard InChI is InChI=1S/C11H13BrO4S/c1-4-8-9(11(13)16-12)6-5-7(2)10(8)17(3,14)15/h5-6H,4H2,1-3H3. The van der Waals surface area contributed by atoms with Crippen molar-refractivity contribution < 1.29 is 17.0 Å². The van der Waals surface area contributed by atoms with Crippen LogP contribution in [0, 0.1) is 6.92 Å². The molecule has 94 valence electrons. The summed E-state index contributed by atoms with van der Waals surface area (Å²) in [6.07, 6.45) is 1.58. The lowest BCUT2D eigenvalue weighted by molar-refractivity contribution is 0.0780. The minimum Gasteiger partial charge on any atom is -0.380 e. The Labute approximate surface area is 109 Å². The molecule has 0 amide bonds. The Kier molecular flexibility index (Phi) is 4.32. The summed E-state index contributed by atoms with van der Waals surface area (Å²) in [5.74, 6) is -0.591. The van der Waals surface area contributed by atoms with Gasteiger partial charge in [-0.15, -0.1) is 0 Å². The highest BCUT2D eigenvalue weighted by Crippen LogP contribution is 2.25. The Balaban J connectivity index is 3.65. The van der Waals surface area contributed by atoms with Gasteiger partial charge in [-0.05, 0) is 30.5 Å². The summed E-state index contributed by atoms with van der Waals surface area (Å²) in [7, 11) is -3.36. The lowest BCUT2D eigenvalue weighted by Crippen LogP contribution is -2.11. The molecule has 0 aliphatic heterocycles. The third-order valence-electron chi connectivity index (χ3n) is 2.47. The number of carbonyl (C=O) groups excluding carboxylic acids is 1. The van der Waals surface area contributed by atoms with E-state index in [1.165, 1.54) is 0 Å². The lowest BCUT2D eigenvalue weighted by Gasteiger charge is -2.13. The van der Waals surface area contributed by atoms with Gasteiger partial charge in [0, 0.05) is 6.26 Å². The molecule has 0 atom stereocenters. The van der Waals surface area contributed by atoms with Gasteiger partial charge in [-0.25, -0.2) is 13.2 Å². The molecule has 0 saturated heterocycles. The lowest BCUT2D eigenvalue weighted by atomic mass is 10.0. The van der Waals surface area contributed by atoms with Crippen LogP contribution in [0.25, 0.3) is 0 Å². The Morgan fingerprint density at radius 1 is 1.41 bits per heavy atom. The SMILES string of the molecule is CCc1c(C(=O)OBr)ccc(C)c1S(C)(=O)=O. The smallest absolute Gasteiger partial charge is 0.349 e. The minimum absolute atomic E-state index is 0.218. The van der Waals surface area contributed by atoms with Crippen molar-refractivity contribution in [3.8, 4) is 0 Å². The fourth-order valence-electron chi connectivity index (χ4n) is 1.84. The minimum atomic E-state index is -3.36. The van der Waals surface area contributed by atoms with Crippen molar-refractivity contribution in [2.45, 2.75) is 25.2 Å². The van der Waals surface area contributed by atoms with Gasteiger partial charge in [0.2, 0.25) is 0 Å². The van der Waals surface area contributed by atoms with Gasteiger partial charge in [-0.3, -0.25) is 0 Å². The second-order valence-corrected chi connectivity index (χ2v) is 6.00. The molecular weight excluding hydrogens is 308 g/mol. The van der Waals surface area contributed by atoms with Crippen molar-refractivity contribution in [2.75, 3.05) is 6.26 Å². The molecule has 0 aliphatic rings. The van der Waals surface area contributed by atoms with Crippen LogP contribution in [0.15, 0.2) is 17.0 Å². The van der Waals surface area contributed by atoms with E-state index in [4.69, 9.17) is 0 Å². The number of aryl methyl sites for hydroxylation is 1. The van der Waals surface area contributed by atoms with Crippen LogP contribution in [0.5, 0.6) is 0 Å². The van der Waals surface area contributed by atoms with Crippen LogP contribution in [-0.4, -0.2) is 20.6 Å². The summed E-state index contributed by atoms with van der Waals surface area (Å²) in [6, 6.07) is 3.18. The molecular formula is C11H13BrO4S. The topological polar surface area (TPSA) is 60.4 Å². The second kappa shape index (κ2) is 5.18. The van der Waals surface area contributed by atoms with Gasteiger partial charge < -0.3 is 3.83 Å². The molecule has 0 spiro atoms. The van der Waals surface area contributed by atoms with Crippen molar-refractivity contribution in [2.24, 2.45) is 0 Å². The van der Waals surface area contributed by atoms with Crippen LogP contribution < -0.4 is 0 Å². The van der Waals surface area contributed by atoms with Crippen molar-refractivity contribution in [3.05, 3.63) is 28.8 Å². The van der Waals surface area contributed by atoms with Crippen LogP contribution in [0.3, 0.4) is 0 Å². The molecule has 0 fully saturated rings. The summed E-state index contributed by atoms with van der Waals surface area (Å²) in [5.41, 5.74) is 1.41. The predicted molar refractivity (Wildman–Crippen MR) is 68.0 cm³/mol. The van der Waals surface area contributed by atoms with E-state index in [9.17, 15) is 13.2 Å². The average Bonchev–Trinajstić information content (AvgIpc) is 2.25. The van der Waals surface area contributed by atoms with Crippen LogP contribution >= 0.6 is 16.3 Å². The molecule has 0 radical (unpaired) electrons. The fourth-order valence-corrected chi connectivity index (χ4v) is 3.37. The third kappa shape index (κ3) is 2.87. The molecule has 1 aromatic rings. The van der Waals surface area contributed by atoms with Gasteiger partial charge in [0.05, 0.1) is 10.5 Å². The van der Waals surface area contributed by atoms with Gasteiger partial charge >= 0.3 is 5.97 Å². The van der Waals surface area contributed by atoms with E-state index in [2.05, 4.69) is 20.1 Å². The molecule has 0 saturated carbocycles. The largest absolute Gasteiger partial charge is 0.380 e. The molecule has 6 heteroatoms. The van der Waals surface area contributed by atoms with E-state index in [0.29, 0.717) is 17.5 Å². The number of rotatable bonds is 3. The molecule has 1 aromatic carbocycles. The van der Waals surface area contributed by atoms with Crippen LogP contribution in [0.1, 0.15) is 28.4 Å². The van der Waals surface area contributed by atoms with E-state index in [1.54, 1.807) is 26.0 Å². The van der Waals surface area contributed by atoms with E-state index < -0.39 is 15.8 Å². The van der Waals surface area contributed by atoms with Gasteiger partial charge in [0.1, 0.15) is 0 Å². The molecule has 0 unspecified atom stereocenters. The first-order valence-electron chi connectivity index (χ1n) is 4.98. The Bertz CT molecular complexity index is 549. The molecule has 0 aromatic heterocycles. The number of hydrogen-bond acceptors (Lipinski definition) is 4. The van der Waals surface area contributed by atoms with Crippen molar-refractivity contribution in [1.29, 1.82) is 0 Å². The predicted octanol–water partition coefficient (Wildman–Crippen LogP) is 2.43. The first-order valence-corrected chi connectivity index (χ1v) is 7.52. The highest BCUT2D eigenvalue weighted by molar-refractivity contribution is 9.06. The molecule has 17 heavy (non-hydrogen) atoms. The number of hydrogen-bond donors (Lipinski definition) is 0. The first kappa shape index (κ1) is 14.2. The van der Waals surface area contributed by atoms with Crippen LogP contribution in [0.4, 0.5) is 0 Å². The summed E-state index contributed by atoms with van der Waals surface area (Å²) < 4.78 is 27.9. The van der Waals surface area contributed by atoms with Gasteiger partial charge in [0.15, 0.2) is 26.1 Å². The van der Waals surface area contributed by atoms with E-state index in [1.807, 2.05) is 0 Å². The summed E-state index contributed by atoms with van der Waals surface area (Å²) >= 11 is 2.61. The fraction of sp³-hybridized carbons (Fsp3) is 0.364. The number of sulfone groups is 1. The maximum Gasteiger partial charge on any atom is 0.349 e. The maximum absolute atomic E-state index is 11.7. The summed E-state index contributed by atoms with van der Waals surface area (Å²) in [6.45, 7) is 3.51. The Hall–Kier alpha value is -0.880. The highest BCUT2D eigenvalue weighted by atomic mass is 79.9. The number of halogens is 1. The molecule has 0 heterocycles. The van der Waals surface area contributed by atoms with Crippen molar-refractivity contribution in [1.82, 2.24) is 0 Å². The summed E-state index contributed by atoms with van der Waals surface area (Å²) in [5, 5.41) is 0. The molecule has 4 nitrogen and oxygen atoms in total. The van der Waals surface area contributed by atoms with Crippen molar-refractivity contribution >= 4 is 32.1 Å². The third-order valence-corrected chi connectivity index (χ3v) is 4.08. The zero-order valence-corrected chi connectivity index (χ0v) is 12.2. The van der Waals surface area contributed by atoms with Gasteiger partial charge in [-0.1, -0.05) is 13.0 Å². The van der Waals surface area contributed by atoms with Crippen LogP contribution in [0.2, 0.25) is 0 Å². The highest BCUT2D eigenvalue weighted by Gasteiger charge is 2.22. The van der Waals surface area contributed by atoms with E-state index in [0.717, 1.165) is 6.26 Å². The normalized spacial score (nSPS) is 11.3. The number of benzene rings is 1. The number of carbonyl (C=O) groups is 1. The second-order valence-electron chi connectivity index (χ2n) is 3.73. The zero-order valence-electron chi connectivity index (χ0n) is 9.78. The quantitative estimate of drug-likeness (QED) is 0.858. The summed E-state index contributed by atoms with van der Waals surface area (Å²) in [4.78, 5) is 11.7. The molecule has 0 N–H and O–H groups in total. The van der Waals surface area contributed by atoms with Crippen LogP contribution in [-0.2, 0) is 20.1 Å². The average molecular weight is 321 g/mol. The van der Waals surface area contributed by atoms with Gasteiger partial charge in [0.25, 0.3) is 0 Å². The zero-order chi connectivity index (χ0) is 13.2. The van der Waals surface area contributed by atoms with E-state index in [-0.39, 0.29) is 10.5 Å². The first-order chi connectivity index (χ1) is 7.82. The molecule has 0 aliphatic carbocycles. The maximum atomic E-state index is 11.7. The van der Waals surface area contributed by atoms with Crippen molar-refractivity contribution in [3.63, 3.8) is 0 Å². The van der Waals surface area contributed by atoms with E-state index >= 15 is 0 Å². The molecule has 1 rings (SSSR count). The molecule has 0 bridgehead atoms. The Morgan fingerprint density at radius 3 is 2.41 bits per heavy atom. The Morgan fingerprint density at radius 2 is 2.00 bits per heavy atom.